The summed E-state index contributed by atoms with van der Waals surface area (Å²) in [5.74, 6) is -1.52. The van der Waals surface area contributed by atoms with E-state index in [0.29, 0.717) is 10.9 Å². The van der Waals surface area contributed by atoms with E-state index in [2.05, 4.69) is 20.8 Å². The van der Waals surface area contributed by atoms with Gasteiger partial charge < -0.3 is 0 Å². The van der Waals surface area contributed by atoms with Gasteiger partial charge in [0.15, 0.2) is 0 Å². The Labute approximate surface area is 152 Å². The first-order chi connectivity index (χ1) is 12.7. The molecule has 11 heteroatoms. The molecule has 27 heavy (non-hydrogen) atoms. The van der Waals surface area contributed by atoms with Gasteiger partial charge in [-0.05, 0) is 30.3 Å². The Kier molecular flexibility index (Phi) is 4.77. The number of nitrogens with one attached hydrogen (secondary N) is 4. The number of anilines is 2. The van der Waals surface area contributed by atoms with E-state index in [1.54, 1.807) is 24.3 Å². The van der Waals surface area contributed by atoms with Crippen LogP contribution in [0.15, 0.2) is 47.3 Å². The van der Waals surface area contributed by atoms with Crippen molar-refractivity contribution < 1.29 is 17.6 Å². The van der Waals surface area contributed by atoms with E-state index in [4.69, 9.17) is 0 Å². The highest BCUT2D eigenvalue weighted by molar-refractivity contribution is 7.92. The summed E-state index contributed by atoms with van der Waals surface area (Å²) in [5.41, 5.74) is 4.42. The zero-order chi connectivity index (χ0) is 19.6. The number of hydrogen-bond acceptors (Lipinski definition) is 6. The number of carbonyl (C=O) groups excluding carboxylic acids is 1. The molecule has 1 amide bonds. The van der Waals surface area contributed by atoms with Gasteiger partial charge >= 0.3 is 0 Å². The van der Waals surface area contributed by atoms with Gasteiger partial charge in [-0.25, -0.2) is 17.8 Å². The van der Waals surface area contributed by atoms with E-state index >= 15 is 0 Å². The van der Waals surface area contributed by atoms with Gasteiger partial charge in [-0.2, -0.15) is 0 Å². The summed E-state index contributed by atoms with van der Waals surface area (Å²) in [6.45, 7) is 0. The zero-order valence-electron chi connectivity index (χ0n) is 13.9. The van der Waals surface area contributed by atoms with Gasteiger partial charge in [0.25, 0.3) is 11.5 Å². The molecule has 9 nitrogen and oxygen atoms in total. The average molecular weight is 391 g/mol. The third-order valence-electron chi connectivity index (χ3n) is 3.43. The van der Waals surface area contributed by atoms with Gasteiger partial charge in [-0.1, -0.05) is 12.1 Å². The Hall–Kier alpha value is -3.47. The van der Waals surface area contributed by atoms with Crippen LogP contribution in [0.3, 0.4) is 0 Å². The van der Waals surface area contributed by atoms with Crippen LogP contribution >= 0.6 is 0 Å². The summed E-state index contributed by atoms with van der Waals surface area (Å²) in [6, 6.07) is 9.84. The number of rotatable bonds is 5. The summed E-state index contributed by atoms with van der Waals surface area (Å²) in [6.07, 6.45) is 0.864. The molecule has 1 heterocycles. The van der Waals surface area contributed by atoms with Crippen LogP contribution in [-0.4, -0.2) is 30.5 Å². The van der Waals surface area contributed by atoms with Gasteiger partial charge in [0.2, 0.25) is 16.0 Å². The van der Waals surface area contributed by atoms with Crippen LogP contribution in [0.1, 0.15) is 10.4 Å². The first kappa shape index (κ1) is 18.3. The molecule has 0 saturated carbocycles. The lowest BCUT2D eigenvalue weighted by Crippen LogP contribution is -2.31. The molecule has 0 aliphatic rings. The molecule has 0 atom stereocenters. The molecule has 3 aromatic rings. The molecule has 0 aliphatic heterocycles. The number of carbonyl (C=O) groups is 1. The van der Waals surface area contributed by atoms with Crippen LogP contribution in [-0.2, 0) is 10.0 Å². The van der Waals surface area contributed by atoms with Crippen molar-refractivity contribution in [2.24, 2.45) is 0 Å². The molecular formula is C16H14FN5O4S. The molecule has 0 saturated heterocycles. The fourth-order valence-electron chi connectivity index (χ4n) is 2.28. The van der Waals surface area contributed by atoms with Gasteiger partial charge in [0.1, 0.15) is 5.82 Å². The number of aromatic amines is 1. The first-order valence-corrected chi connectivity index (χ1v) is 9.45. The lowest BCUT2D eigenvalue weighted by Gasteiger charge is -2.10. The number of fused-ring (bicyclic) bond motifs is 1. The smallest absolute Gasteiger partial charge is 0.269 e. The largest absolute Gasteiger partial charge is 0.291 e. The van der Waals surface area contributed by atoms with Crippen molar-refractivity contribution in [2.45, 2.75) is 0 Å². The molecule has 0 fully saturated rings. The molecule has 0 aliphatic carbocycles. The molecule has 3 rings (SSSR count). The molecule has 4 N–H and O–H groups in total. The molecule has 0 spiro atoms. The second kappa shape index (κ2) is 7.03. The van der Waals surface area contributed by atoms with Crippen molar-refractivity contribution in [1.29, 1.82) is 0 Å². The van der Waals surface area contributed by atoms with Crippen molar-refractivity contribution in [3.05, 3.63) is 64.2 Å². The van der Waals surface area contributed by atoms with Crippen molar-refractivity contribution in [3.8, 4) is 0 Å². The molecule has 0 radical (unpaired) electrons. The number of H-pyrrole nitrogens is 1. The second-order valence-corrected chi connectivity index (χ2v) is 7.33. The summed E-state index contributed by atoms with van der Waals surface area (Å²) >= 11 is 0. The third kappa shape index (κ3) is 4.39. The summed E-state index contributed by atoms with van der Waals surface area (Å²) < 4.78 is 38.2. The number of amides is 1. The lowest BCUT2D eigenvalue weighted by atomic mass is 10.2. The minimum atomic E-state index is -3.71. The lowest BCUT2D eigenvalue weighted by molar-refractivity contribution is 0.0962. The topological polar surface area (TPSA) is 133 Å². The Morgan fingerprint density at radius 3 is 2.67 bits per heavy atom. The monoisotopic (exact) mass is 391 g/mol. The van der Waals surface area contributed by atoms with Crippen LogP contribution in [0.4, 0.5) is 16.0 Å². The van der Waals surface area contributed by atoms with Crippen LogP contribution in [0.25, 0.3) is 10.9 Å². The number of hydrogen-bond donors (Lipinski definition) is 4. The Morgan fingerprint density at radius 2 is 1.93 bits per heavy atom. The summed E-state index contributed by atoms with van der Waals surface area (Å²) in [7, 11) is -3.71. The number of nitrogens with zero attached hydrogens (tertiary/aromatic N) is 1. The molecular weight excluding hydrogens is 377 g/mol. The van der Waals surface area contributed by atoms with Crippen molar-refractivity contribution in [3.63, 3.8) is 0 Å². The fourth-order valence-corrected chi connectivity index (χ4v) is 2.83. The highest BCUT2D eigenvalue weighted by Crippen LogP contribution is 2.17. The first-order valence-electron chi connectivity index (χ1n) is 7.56. The van der Waals surface area contributed by atoms with Crippen LogP contribution in [0, 0.1) is 5.82 Å². The molecule has 2 aromatic carbocycles. The minimum absolute atomic E-state index is 0.00338. The molecule has 140 valence electrons. The fraction of sp³-hybridized carbons (Fsp3) is 0.0625. The van der Waals surface area contributed by atoms with Crippen LogP contribution < -0.4 is 21.1 Å². The number of benzene rings is 2. The molecule has 0 unspecified atom stereocenters. The summed E-state index contributed by atoms with van der Waals surface area (Å²) in [4.78, 5) is 30.8. The van der Waals surface area contributed by atoms with E-state index in [1.165, 1.54) is 6.07 Å². The van der Waals surface area contributed by atoms with Crippen molar-refractivity contribution in [2.75, 3.05) is 16.4 Å². The van der Waals surface area contributed by atoms with E-state index in [1.807, 2.05) is 4.72 Å². The average Bonchev–Trinajstić information content (AvgIpc) is 2.60. The zero-order valence-corrected chi connectivity index (χ0v) is 14.7. The highest BCUT2D eigenvalue weighted by atomic mass is 32.2. The Morgan fingerprint density at radius 1 is 1.19 bits per heavy atom. The standard InChI is InChI=1S/C16H14FN5O4S/c1-27(25,26)22-13-8-9(6-7-11(13)17)14(23)20-21-16-18-12-5-3-2-4-10(12)15(24)19-16/h2-8,22H,1H3,(H,20,23)(H2,18,19,21,24). The maximum absolute atomic E-state index is 13.7. The van der Waals surface area contributed by atoms with Crippen LogP contribution in [0.2, 0.25) is 0 Å². The summed E-state index contributed by atoms with van der Waals surface area (Å²) in [5, 5.41) is 0.393. The number of halogens is 1. The molecule has 0 bridgehead atoms. The maximum atomic E-state index is 13.7. The van der Waals surface area contributed by atoms with E-state index < -0.39 is 27.3 Å². The highest BCUT2D eigenvalue weighted by Gasteiger charge is 2.13. The maximum Gasteiger partial charge on any atom is 0.269 e. The van der Waals surface area contributed by atoms with Crippen LogP contribution in [0.5, 0.6) is 0 Å². The number of aromatic nitrogens is 2. The SMILES string of the molecule is CS(=O)(=O)Nc1cc(C(=O)NNc2nc3ccccc3c(=O)[nH]2)ccc1F. The number of hydrazine groups is 1. The normalized spacial score (nSPS) is 11.2. The second-order valence-electron chi connectivity index (χ2n) is 5.58. The molecule has 1 aromatic heterocycles. The number of para-hydroxylation sites is 1. The minimum Gasteiger partial charge on any atom is -0.291 e. The van der Waals surface area contributed by atoms with Gasteiger partial charge in [0.05, 0.1) is 22.8 Å². The third-order valence-corrected chi connectivity index (χ3v) is 4.02. The number of sulfonamides is 1. The van der Waals surface area contributed by atoms with E-state index in [-0.39, 0.29) is 17.2 Å². The van der Waals surface area contributed by atoms with E-state index in [0.717, 1.165) is 18.4 Å². The van der Waals surface area contributed by atoms with Crippen molar-refractivity contribution in [1.82, 2.24) is 15.4 Å². The predicted molar refractivity (Wildman–Crippen MR) is 98.3 cm³/mol. The van der Waals surface area contributed by atoms with Gasteiger partial charge in [-0.15, -0.1) is 0 Å². The Bertz CT molecular complexity index is 1190. The van der Waals surface area contributed by atoms with E-state index in [9.17, 15) is 22.4 Å². The quantitative estimate of drug-likeness (QED) is 0.483. The Balaban J connectivity index is 1.78. The van der Waals surface area contributed by atoms with Crippen molar-refractivity contribution >= 4 is 38.5 Å². The van der Waals surface area contributed by atoms with Gasteiger partial charge in [-0.3, -0.25) is 30.1 Å². The predicted octanol–water partition coefficient (Wildman–Crippen LogP) is 1.19. The van der Waals surface area contributed by atoms with Gasteiger partial charge in [0, 0.05) is 5.56 Å².